The number of hydrogen-bond donors (Lipinski definition) is 0. The molecule has 5 heteroatoms. The van der Waals surface area contributed by atoms with E-state index in [1.54, 1.807) is 13.2 Å². The molecule has 1 aromatic rings. The molecule has 0 aliphatic heterocycles. The van der Waals surface area contributed by atoms with Gasteiger partial charge in [-0.25, -0.2) is 9.18 Å². The van der Waals surface area contributed by atoms with Gasteiger partial charge in [0.05, 0.1) is 13.7 Å². The van der Waals surface area contributed by atoms with Gasteiger partial charge in [0.25, 0.3) is 0 Å². The monoisotopic (exact) mass is 279 g/mol. The molecule has 1 fully saturated rings. The predicted octanol–water partition coefficient (Wildman–Crippen LogP) is 3.09. The highest BCUT2D eigenvalue weighted by molar-refractivity contribution is 5.49. The lowest BCUT2D eigenvalue weighted by Gasteiger charge is -2.27. The van der Waals surface area contributed by atoms with Gasteiger partial charge >= 0.3 is 0 Å². The van der Waals surface area contributed by atoms with Crippen LogP contribution in [-0.4, -0.2) is 20.3 Å². The molecule has 1 aromatic carbocycles. The number of methoxy groups -OCH3 is 2. The number of benzene rings is 1. The second-order valence-corrected chi connectivity index (χ2v) is 5.02. The van der Waals surface area contributed by atoms with Gasteiger partial charge in [-0.05, 0) is 24.5 Å². The molecule has 0 spiro atoms. The summed E-state index contributed by atoms with van der Waals surface area (Å²) in [7, 11) is 3.04. The molecule has 0 unspecified atom stereocenters. The third-order valence-electron chi connectivity index (χ3n) is 3.82. The minimum atomic E-state index is -0.658. The van der Waals surface area contributed by atoms with E-state index in [0.29, 0.717) is 11.3 Å². The van der Waals surface area contributed by atoms with Crippen LogP contribution in [0, 0.1) is 5.82 Å². The fourth-order valence-electron chi connectivity index (χ4n) is 3.06. The van der Waals surface area contributed by atoms with Crippen LogP contribution in [0.3, 0.4) is 0 Å². The van der Waals surface area contributed by atoms with E-state index in [1.165, 1.54) is 19.2 Å². The number of carbonyl (C=O) groups excluding carboxylic acids is 1. The first kappa shape index (κ1) is 14.7. The SMILES string of the molecule is COCc1cc(F)cc(OC)c1C1(N=C=O)CCCC1. The predicted molar refractivity (Wildman–Crippen MR) is 71.9 cm³/mol. The Morgan fingerprint density at radius 3 is 2.60 bits per heavy atom. The number of isocyanates is 1. The van der Waals surface area contributed by atoms with Gasteiger partial charge in [-0.15, -0.1) is 0 Å². The van der Waals surface area contributed by atoms with E-state index in [2.05, 4.69) is 4.99 Å². The summed E-state index contributed by atoms with van der Waals surface area (Å²) in [4.78, 5) is 14.9. The van der Waals surface area contributed by atoms with Gasteiger partial charge in [0, 0.05) is 18.7 Å². The van der Waals surface area contributed by atoms with E-state index >= 15 is 0 Å². The molecular formula is C15H18FNO3. The van der Waals surface area contributed by atoms with E-state index in [-0.39, 0.29) is 12.4 Å². The Balaban J connectivity index is 2.65. The maximum absolute atomic E-state index is 13.7. The molecule has 2 rings (SSSR count). The van der Waals surface area contributed by atoms with Gasteiger partial charge in [-0.1, -0.05) is 12.8 Å². The van der Waals surface area contributed by atoms with E-state index < -0.39 is 5.54 Å². The summed E-state index contributed by atoms with van der Waals surface area (Å²) < 4.78 is 24.1. The molecule has 0 bridgehead atoms. The number of hydrogen-bond acceptors (Lipinski definition) is 4. The van der Waals surface area contributed by atoms with Crippen molar-refractivity contribution in [1.29, 1.82) is 0 Å². The first-order chi connectivity index (χ1) is 9.66. The van der Waals surface area contributed by atoms with Crippen molar-refractivity contribution in [3.63, 3.8) is 0 Å². The zero-order valence-electron chi connectivity index (χ0n) is 11.7. The molecule has 0 atom stereocenters. The van der Waals surface area contributed by atoms with Gasteiger partial charge in [0.15, 0.2) is 0 Å². The Hall–Kier alpha value is -1.71. The van der Waals surface area contributed by atoms with Crippen LogP contribution >= 0.6 is 0 Å². The zero-order chi connectivity index (χ0) is 14.6. The average molecular weight is 279 g/mol. The molecule has 0 amide bonds. The summed E-state index contributed by atoms with van der Waals surface area (Å²) in [6.07, 6.45) is 5.08. The number of rotatable bonds is 5. The quantitative estimate of drug-likeness (QED) is 0.614. The minimum Gasteiger partial charge on any atom is -0.496 e. The Morgan fingerprint density at radius 1 is 1.35 bits per heavy atom. The van der Waals surface area contributed by atoms with Crippen LogP contribution in [0.1, 0.15) is 36.8 Å². The highest BCUT2D eigenvalue weighted by atomic mass is 19.1. The van der Waals surface area contributed by atoms with Crippen molar-refractivity contribution >= 4 is 6.08 Å². The van der Waals surface area contributed by atoms with Crippen LogP contribution in [0.5, 0.6) is 5.75 Å². The van der Waals surface area contributed by atoms with Crippen LogP contribution in [0.15, 0.2) is 17.1 Å². The first-order valence-electron chi connectivity index (χ1n) is 6.61. The highest BCUT2D eigenvalue weighted by Gasteiger charge is 2.40. The lowest BCUT2D eigenvalue weighted by molar-refractivity contribution is 0.181. The fourth-order valence-corrected chi connectivity index (χ4v) is 3.06. The summed E-state index contributed by atoms with van der Waals surface area (Å²) in [5.74, 6) is 0.0267. The maximum Gasteiger partial charge on any atom is 0.235 e. The summed E-state index contributed by atoms with van der Waals surface area (Å²) in [6, 6.07) is 2.75. The lowest BCUT2D eigenvalue weighted by atomic mass is 9.84. The smallest absolute Gasteiger partial charge is 0.235 e. The molecule has 1 aliphatic carbocycles. The summed E-state index contributed by atoms with van der Waals surface area (Å²) in [5.41, 5.74) is 0.767. The topological polar surface area (TPSA) is 47.9 Å². The van der Waals surface area contributed by atoms with Gasteiger partial charge in [0.2, 0.25) is 6.08 Å². The van der Waals surface area contributed by atoms with E-state index in [9.17, 15) is 9.18 Å². The molecular weight excluding hydrogens is 261 g/mol. The van der Waals surface area contributed by atoms with Crippen LogP contribution < -0.4 is 4.74 Å². The fraction of sp³-hybridized carbons (Fsp3) is 0.533. The average Bonchev–Trinajstić information content (AvgIpc) is 2.88. The van der Waals surface area contributed by atoms with Crippen molar-refractivity contribution in [2.75, 3.05) is 14.2 Å². The Labute approximate surface area is 117 Å². The molecule has 0 radical (unpaired) electrons. The Bertz CT molecular complexity index is 532. The van der Waals surface area contributed by atoms with Crippen molar-refractivity contribution < 1.29 is 18.7 Å². The first-order valence-corrected chi connectivity index (χ1v) is 6.61. The standard InChI is InChI=1S/C15H18FNO3/c1-19-9-11-7-12(16)8-13(20-2)14(11)15(17-10-18)5-3-4-6-15/h7-8H,3-6,9H2,1-2H3. The van der Waals surface area contributed by atoms with Gasteiger partial charge in [0.1, 0.15) is 17.1 Å². The van der Waals surface area contributed by atoms with Crippen molar-refractivity contribution in [3.8, 4) is 5.75 Å². The number of ether oxygens (including phenoxy) is 2. The molecule has 0 N–H and O–H groups in total. The van der Waals surface area contributed by atoms with Gasteiger partial charge < -0.3 is 9.47 Å². The molecule has 0 heterocycles. The second kappa shape index (κ2) is 6.16. The summed E-state index contributed by atoms with van der Waals surface area (Å²) in [6.45, 7) is 0.250. The van der Waals surface area contributed by atoms with E-state index in [0.717, 1.165) is 31.2 Å². The molecule has 4 nitrogen and oxygen atoms in total. The summed E-state index contributed by atoms with van der Waals surface area (Å²) in [5, 5.41) is 0. The number of nitrogens with zero attached hydrogens (tertiary/aromatic N) is 1. The van der Waals surface area contributed by atoms with Crippen LogP contribution in [-0.2, 0) is 21.7 Å². The van der Waals surface area contributed by atoms with Crippen LogP contribution in [0.4, 0.5) is 4.39 Å². The van der Waals surface area contributed by atoms with Gasteiger partial charge in [-0.2, -0.15) is 4.99 Å². The second-order valence-electron chi connectivity index (χ2n) is 5.02. The molecule has 0 saturated heterocycles. The minimum absolute atomic E-state index is 0.250. The molecule has 108 valence electrons. The normalized spacial score (nSPS) is 16.8. The van der Waals surface area contributed by atoms with Gasteiger partial charge in [-0.3, -0.25) is 0 Å². The van der Waals surface area contributed by atoms with E-state index in [4.69, 9.17) is 9.47 Å². The highest BCUT2D eigenvalue weighted by Crippen LogP contribution is 2.47. The molecule has 1 aliphatic rings. The molecule has 0 aromatic heterocycles. The van der Waals surface area contributed by atoms with Crippen molar-refractivity contribution in [2.24, 2.45) is 4.99 Å². The maximum atomic E-state index is 13.7. The van der Waals surface area contributed by atoms with E-state index in [1.807, 2.05) is 0 Å². The van der Waals surface area contributed by atoms with Crippen molar-refractivity contribution in [1.82, 2.24) is 0 Å². The molecule has 20 heavy (non-hydrogen) atoms. The number of aliphatic imine (C=N–C) groups is 1. The third-order valence-corrected chi connectivity index (χ3v) is 3.82. The Morgan fingerprint density at radius 2 is 2.05 bits per heavy atom. The van der Waals surface area contributed by atoms with Crippen molar-refractivity contribution in [2.45, 2.75) is 37.8 Å². The third kappa shape index (κ3) is 2.60. The lowest BCUT2D eigenvalue weighted by Crippen LogP contribution is -2.22. The summed E-state index contributed by atoms with van der Waals surface area (Å²) >= 11 is 0. The van der Waals surface area contributed by atoms with Crippen molar-refractivity contribution in [3.05, 3.63) is 29.1 Å². The zero-order valence-corrected chi connectivity index (χ0v) is 11.7. The molecule has 1 saturated carbocycles. The number of halogens is 1. The van der Waals surface area contributed by atoms with Crippen LogP contribution in [0.2, 0.25) is 0 Å². The van der Waals surface area contributed by atoms with Crippen LogP contribution in [0.25, 0.3) is 0 Å². The largest absolute Gasteiger partial charge is 0.496 e. The Kier molecular flexibility index (Phi) is 4.53.